The van der Waals surface area contributed by atoms with Gasteiger partial charge < -0.3 is 5.32 Å². The Morgan fingerprint density at radius 3 is 2.93 bits per heavy atom. The Labute approximate surface area is 92.2 Å². The van der Waals surface area contributed by atoms with Crippen LogP contribution < -0.4 is 5.32 Å². The number of likely N-dealkylation sites (tertiary alicyclic amines) is 1. The van der Waals surface area contributed by atoms with Crippen LogP contribution in [-0.4, -0.2) is 42.4 Å². The summed E-state index contributed by atoms with van der Waals surface area (Å²) in [4.78, 5) is 14.3. The summed E-state index contributed by atoms with van der Waals surface area (Å²) < 4.78 is 0. The van der Waals surface area contributed by atoms with Crippen molar-refractivity contribution in [3.05, 3.63) is 0 Å². The molecule has 2 fully saturated rings. The van der Waals surface area contributed by atoms with Gasteiger partial charge >= 0.3 is 0 Å². The van der Waals surface area contributed by atoms with Gasteiger partial charge in [0.25, 0.3) is 0 Å². The fraction of sp³-hybridized carbons (Fsp3) is 0.917. The number of Topliss-reactive ketones (excluding diaryl/α,β-unsaturated/α-hetero) is 1. The lowest BCUT2D eigenvalue weighted by Crippen LogP contribution is -2.48. The molecular weight excluding hydrogens is 188 g/mol. The average Bonchev–Trinajstić information content (AvgIpc) is 2.66. The molecule has 2 saturated heterocycles. The highest BCUT2D eigenvalue weighted by Crippen LogP contribution is 2.34. The maximum Gasteiger partial charge on any atom is 0.149 e. The third-order valence-electron chi connectivity index (χ3n) is 4.03. The van der Waals surface area contributed by atoms with Crippen LogP contribution in [0.25, 0.3) is 0 Å². The van der Waals surface area contributed by atoms with Crippen LogP contribution in [0, 0.1) is 5.92 Å². The number of hydrogen-bond acceptors (Lipinski definition) is 3. The summed E-state index contributed by atoms with van der Waals surface area (Å²) >= 11 is 0. The first-order valence-corrected chi connectivity index (χ1v) is 6.27. The first-order chi connectivity index (χ1) is 7.27. The summed E-state index contributed by atoms with van der Waals surface area (Å²) in [6.07, 6.45) is 3.04. The lowest BCUT2D eigenvalue weighted by atomic mass is 9.92. The fourth-order valence-corrected chi connectivity index (χ4v) is 3.22. The lowest BCUT2D eigenvalue weighted by Gasteiger charge is -2.33. The topological polar surface area (TPSA) is 32.3 Å². The first kappa shape index (κ1) is 11.1. The number of ketones is 1. The van der Waals surface area contributed by atoms with Gasteiger partial charge in [0.05, 0.1) is 6.04 Å². The standard InChI is InChI=1S/C12H22N2O/c1-3-12(15)10-7-9-5-6-13-8-11(9)14(10)4-2/h9-11,13H,3-8H2,1-2H3. The van der Waals surface area contributed by atoms with Gasteiger partial charge in [-0.1, -0.05) is 13.8 Å². The number of fused-ring (bicyclic) bond motifs is 1. The van der Waals surface area contributed by atoms with E-state index in [0.717, 1.165) is 32.0 Å². The largest absolute Gasteiger partial charge is 0.315 e. The van der Waals surface area contributed by atoms with E-state index in [0.29, 0.717) is 18.2 Å². The normalized spacial score (nSPS) is 36.5. The summed E-state index contributed by atoms with van der Waals surface area (Å²) in [7, 11) is 0. The van der Waals surface area contributed by atoms with Gasteiger partial charge in [-0.15, -0.1) is 0 Å². The fourth-order valence-electron chi connectivity index (χ4n) is 3.22. The SMILES string of the molecule is CCC(=O)C1CC2CCNCC2N1CC. The highest BCUT2D eigenvalue weighted by Gasteiger charge is 2.43. The van der Waals surface area contributed by atoms with Crippen LogP contribution in [0.3, 0.4) is 0 Å². The Morgan fingerprint density at radius 2 is 2.27 bits per heavy atom. The highest BCUT2D eigenvalue weighted by molar-refractivity contribution is 5.84. The maximum atomic E-state index is 11.9. The molecule has 3 nitrogen and oxygen atoms in total. The molecule has 2 heterocycles. The number of likely N-dealkylation sites (N-methyl/N-ethyl adjacent to an activating group) is 1. The summed E-state index contributed by atoms with van der Waals surface area (Å²) in [6, 6.07) is 0.833. The molecule has 0 spiro atoms. The van der Waals surface area contributed by atoms with Gasteiger partial charge in [-0.2, -0.15) is 0 Å². The second-order valence-electron chi connectivity index (χ2n) is 4.72. The van der Waals surface area contributed by atoms with Crippen LogP contribution in [0.4, 0.5) is 0 Å². The van der Waals surface area contributed by atoms with Crippen LogP contribution in [-0.2, 0) is 4.79 Å². The van der Waals surface area contributed by atoms with Crippen molar-refractivity contribution in [2.24, 2.45) is 5.92 Å². The number of carbonyl (C=O) groups excluding carboxylic acids is 1. The molecule has 2 aliphatic heterocycles. The van der Waals surface area contributed by atoms with Crippen molar-refractivity contribution in [2.45, 2.75) is 45.2 Å². The van der Waals surface area contributed by atoms with E-state index in [9.17, 15) is 4.79 Å². The van der Waals surface area contributed by atoms with Crippen LogP contribution >= 0.6 is 0 Å². The molecule has 0 saturated carbocycles. The Morgan fingerprint density at radius 1 is 1.47 bits per heavy atom. The zero-order valence-corrected chi connectivity index (χ0v) is 9.83. The van der Waals surface area contributed by atoms with E-state index in [-0.39, 0.29) is 6.04 Å². The number of nitrogens with one attached hydrogen (secondary N) is 1. The van der Waals surface area contributed by atoms with Crippen molar-refractivity contribution < 1.29 is 4.79 Å². The van der Waals surface area contributed by atoms with Crippen LogP contribution in [0.15, 0.2) is 0 Å². The van der Waals surface area contributed by atoms with E-state index in [1.54, 1.807) is 0 Å². The third kappa shape index (κ3) is 1.95. The van der Waals surface area contributed by atoms with Crippen molar-refractivity contribution in [3.63, 3.8) is 0 Å². The molecule has 3 unspecified atom stereocenters. The summed E-state index contributed by atoms with van der Waals surface area (Å²) in [5.41, 5.74) is 0. The van der Waals surface area contributed by atoms with Crippen molar-refractivity contribution in [1.29, 1.82) is 0 Å². The smallest absolute Gasteiger partial charge is 0.149 e. The number of rotatable bonds is 3. The molecule has 0 aliphatic carbocycles. The zero-order valence-electron chi connectivity index (χ0n) is 9.83. The molecule has 86 valence electrons. The zero-order chi connectivity index (χ0) is 10.8. The Balaban J connectivity index is 2.10. The van der Waals surface area contributed by atoms with E-state index in [4.69, 9.17) is 0 Å². The molecule has 0 aromatic heterocycles. The molecule has 1 N–H and O–H groups in total. The monoisotopic (exact) mass is 210 g/mol. The molecular formula is C12H22N2O. The number of hydrogen-bond donors (Lipinski definition) is 1. The van der Waals surface area contributed by atoms with Crippen molar-refractivity contribution in [3.8, 4) is 0 Å². The Kier molecular flexibility index (Phi) is 3.42. The summed E-state index contributed by atoms with van der Waals surface area (Å²) in [5.74, 6) is 1.19. The van der Waals surface area contributed by atoms with Gasteiger partial charge in [-0.25, -0.2) is 0 Å². The van der Waals surface area contributed by atoms with E-state index >= 15 is 0 Å². The second kappa shape index (κ2) is 4.62. The molecule has 0 aromatic carbocycles. The van der Waals surface area contributed by atoms with Crippen molar-refractivity contribution in [2.75, 3.05) is 19.6 Å². The minimum atomic E-state index is 0.217. The second-order valence-corrected chi connectivity index (χ2v) is 4.72. The van der Waals surface area contributed by atoms with Gasteiger partial charge in [0, 0.05) is 19.0 Å². The van der Waals surface area contributed by atoms with E-state index in [2.05, 4.69) is 17.1 Å². The quantitative estimate of drug-likeness (QED) is 0.755. The minimum absolute atomic E-state index is 0.217. The third-order valence-corrected chi connectivity index (χ3v) is 4.03. The summed E-state index contributed by atoms with van der Waals surface area (Å²) in [5, 5.41) is 3.44. The molecule has 0 aromatic rings. The van der Waals surface area contributed by atoms with Crippen LogP contribution in [0.1, 0.15) is 33.1 Å². The molecule has 2 aliphatic rings. The Bertz CT molecular complexity index is 242. The lowest BCUT2D eigenvalue weighted by molar-refractivity contribution is -0.123. The van der Waals surface area contributed by atoms with Crippen LogP contribution in [0.5, 0.6) is 0 Å². The van der Waals surface area contributed by atoms with Gasteiger partial charge in [0.15, 0.2) is 0 Å². The molecule has 3 heteroatoms. The summed E-state index contributed by atoms with van der Waals surface area (Å²) in [6.45, 7) is 7.38. The van der Waals surface area contributed by atoms with E-state index < -0.39 is 0 Å². The highest BCUT2D eigenvalue weighted by atomic mass is 16.1. The van der Waals surface area contributed by atoms with E-state index in [1.165, 1.54) is 6.42 Å². The first-order valence-electron chi connectivity index (χ1n) is 6.27. The predicted molar refractivity (Wildman–Crippen MR) is 60.8 cm³/mol. The molecule has 2 rings (SSSR count). The number of carbonyl (C=O) groups is 1. The van der Waals surface area contributed by atoms with Gasteiger partial charge in [0.2, 0.25) is 0 Å². The predicted octanol–water partition coefficient (Wildman–Crippen LogP) is 1.04. The molecule has 15 heavy (non-hydrogen) atoms. The van der Waals surface area contributed by atoms with Crippen molar-refractivity contribution >= 4 is 5.78 Å². The number of piperidine rings is 1. The van der Waals surface area contributed by atoms with Gasteiger partial charge in [-0.05, 0) is 31.8 Å². The van der Waals surface area contributed by atoms with Gasteiger partial charge in [-0.3, -0.25) is 9.69 Å². The van der Waals surface area contributed by atoms with E-state index in [1.807, 2.05) is 6.92 Å². The molecule has 3 atom stereocenters. The maximum absolute atomic E-state index is 11.9. The minimum Gasteiger partial charge on any atom is -0.315 e. The number of nitrogens with zero attached hydrogens (tertiary/aromatic N) is 1. The molecule has 0 amide bonds. The van der Waals surface area contributed by atoms with Crippen molar-refractivity contribution in [1.82, 2.24) is 10.2 Å². The van der Waals surface area contributed by atoms with Crippen LogP contribution in [0.2, 0.25) is 0 Å². The molecule has 0 bridgehead atoms. The van der Waals surface area contributed by atoms with Gasteiger partial charge in [0.1, 0.15) is 5.78 Å². The Hall–Kier alpha value is -0.410. The average molecular weight is 210 g/mol. The molecule has 0 radical (unpaired) electrons.